The van der Waals surface area contributed by atoms with Crippen LogP contribution in [-0.4, -0.2) is 13.0 Å². The summed E-state index contributed by atoms with van der Waals surface area (Å²) in [6.07, 6.45) is 1.47. The van der Waals surface area contributed by atoms with Gasteiger partial charge < -0.3 is 10.3 Å². The molecule has 2 rings (SSSR count). The number of benzene rings is 1. The Bertz CT molecular complexity index is 738. The van der Waals surface area contributed by atoms with Crippen LogP contribution in [0, 0.1) is 12.7 Å². The maximum Gasteiger partial charge on any atom is 0.263 e. The van der Waals surface area contributed by atoms with Crippen molar-refractivity contribution < 1.29 is 12.8 Å². The van der Waals surface area contributed by atoms with Crippen LogP contribution in [0.25, 0.3) is 0 Å². The van der Waals surface area contributed by atoms with Crippen LogP contribution in [0.3, 0.4) is 0 Å². The smallest absolute Gasteiger partial charge is 0.263 e. The van der Waals surface area contributed by atoms with Gasteiger partial charge in [-0.05, 0) is 30.7 Å². The first-order valence-electron chi connectivity index (χ1n) is 5.98. The van der Waals surface area contributed by atoms with Crippen molar-refractivity contribution in [3.8, 4) is 0 Å². The predicted octanol–water partition coefficient (Wildman–Crippen LogP) is 1.73. The van der Waals surface area contributed by atoms with Crippen molar-refractivity contribution in [2.45, 2.75) is 18.4 Å². The summed E-state index contributed by atoms with van der Waals surface area (Å²) >= 11 is 0. The number of hydrogen-bond acceptors (Lipinski definition) is 3. The van der Waals surface area contributed by atoms with Crippen LogP contribution in [0.5, 0.6) is 0 Å². The third-order valence-corrected chi connectivity index (χ3v) is 4.38. The summed E-state index contributed by atoms with van der Waals surface area (Å²) in [7, 11) is -2.04. The van der Waals surface area contributed by atoms with Gasteiger partial charge in [0.05, 0.1) is 5.69 Å². The average molecular weight is 297 g/mol. The fourth-order valence-corrected chi connectivity index (χ4v) is 3.05. The molecule has 0 aliphatic rings. The molecule has 0 radical (unpaired) electrons. The van der Waals surface area contributed by atoms with Gasteiger partial charge in [-0.1, -0.05) is 6.07 Å². The van der Waals surface area contributed by atoms with E-state index >= 15 is 0 Å². The Morgan fingerprint density at radius 3 is 2.65 bits per heavy atom. The van der Waals surface area contributed by atoms with Gasteiger partial charge in [0.1, 0.15) is 10.7 Å². The minimum atomic E-state index is -3.76. The molecule has 0 atom stereocenters. The second-order valence-electron chi connectivity index (χ2n) is 4.55. The number of sulfonamides is 1. The van der Waals surface area contributed by atoms with Gasteiger partial charge in [-0.15, -0.1) is 0 Å². The molecule has 0 fully saturated rings. The van der Waals surface area contributed by atoms with E-state index in [1.807, 2.05) is 0 Å². The van der Waals surface area contributed by atoms with Gasteiger partial charge in [-0.25, -0.2) is 12.8 Å². The topological polar surface area (TPSA) is 77.1 Å². The van der Waals surface area contributed by atoms with Gasteiger partial charge in [0, 0.05) is 25.5 Å². The number of hydrogen-bond donors (Lipinski definition) is 2. The molecule has 3 N–H and O–H groups in total. The van der Waals surface area contributed by atoms with Crippen LogP contribution in [0.1, 0.15) is 11.3 Å². The monoisotopic (exact) mass is 297 g/mol. The van der Waals surface area contributed by atoms with E-state index in [-0.39, 0.29) is 17.1 Å². The van der Waals surface area contributed by atoms with Crippen molar-refractivity contribution in [3.05, 3.63) is 47.5 Å². The first kappa shape index (κ1) is 14.5. The molecular formula is C13H16FN3O2S. The summed E-state index contributed by atoms with van der Waals surface area (Å²) in [6, 6.07) is 5.45. The number of aryl methyl sites for hydroxylation is 2. The maximum atomic E-state index is 13.2. The molecule has 1 aromatic heterocycles. The Labute approximate surface area is 117 Å². The van der Waals surface area contributed by atoms with E-state index in [1.54, 1.807) is 18.5 Å². The summed E-state index contributed by atoms with van der Waals surface area (Å²) in [5.41, 5.74) is 7.08. The normalized spacial score (nSPS) is 11.6. The third-order valence-electron chi connectivity index (χ3n) is 3.05. The molecule has 0 saturated carbocycles. The highest BCUT2D eigenvalue weighted by Crippen LogP contribution is 2.21. The van der Waals surface area contributed by atoms with E-state index in [0.29, 0.717) is 11.3 Å². The second-order valence-corrected chi connectivity index (χ2v) is 6.23. The Morgan fingerprint density at radius 2 is 2.05 bits per heavy atom. The summed E-state index contributed by atoms with van der Waals surface area (Å²) in [5.74, 6) is -0.496. The van der Waals surface area contributed by atoms with E-state index in [9.17, 15) is 12.8 Å². The van der Waals surface area contributed by atoms with Crippen molar-refractivity contribution in [2.24, 2.45) is 12.8 Å². The zero-order valence-electron chi connectivity index (χ0n) is 11.2. The van der Waals surface area contributed by atoms with E-state index in [4.69, 9.17) is 5.73 Å². The number of anilines is 1. The lowest BCUT2D eigenvalue weighted by Crippen LogP contribution is -2.13. The summed E-state index contributed by atoms with van der Waals surface area (Å²) in [5, 5.41) is 0. The van der Waals surface area contributed by atoms with Crippen molar-refractivity contribution in [1.29, 1.82) is 0 Å². The quantitative estimate of drug-likeness (QED) is 0.902. The summed E-state index contributed by atoms with van der Waals surface area (Å²) in [6.45, 7) is 1.94. The SMILES string of the molecule is Cc1ccc(F)cc1NS(=O)(=O)c1cc(CN)n(C)c1. The van der Waals surface area contributed by atoms with Crippen LogP contribution in [0.2, 0.25) is 0 Å². The minimum absolute atomic E-state index is 0.101. The Hall–Kier alpha value is -1.86. The molecule has 2 aromatic rings. The van der Waals surface area contributed by atoms with Crippen LogP contribution < -0.4 is 10.5 Å². The lowest BCUT2D eigenvalue weighted by Gasteiger charge is -2.09. The average Bonchev–Trinajstić information content (AvgIpc) is 2.76. The van der Waals surface area contributed by atoms with Crippen LogP contribution in [0.15, 0.2) is 35.4 Å². The first-order chi connectivity index (χ1) is 9.33. The van der Waals surface area contributed by atoms with Crippen molar-refractivity contribution in [1.82, 2.24) is 4.57 Å². The van der Waals surface area contributed by atoms with E-state index in [1.165, 1.54) is 24.4 Å². The Balaban J connectivity index is 2.37. The van der Waals surface area contributed by atoms with Crippen LogP contribution in [-0.2, 0) is 23.6 Å². The lowest BCUT2D eigenvalue weighted by atomic mass is 10.2. The molecule has 108 valence electrons. The van der Waals surface area contributed by atoms with E-state index in [2.05, 4.69) is 4.72 Å². The van der Waals surface area contributed by atoms with E-state index < -0.39 is 15.8 Å². The molecule has 0 aliphatic heterocycles. The van der Waals surface area contributed by atoms with Gasteiger partial charge in [-0.3, -0.25) is 4.72 Å². The van der Waals surface area contributed by atoms with Crippen LogP contribution >= 0.6 is 0 Å². The minimum Gasteiger partial charge on any atom is -0.352 e. The Kier molecular flexibility index (Phi) is 3.82. The van der Waals surface area contributed by atoms with Gasteiger partial charge in [0.15, 0.2) is 0 Å². The molecule has 5 nitrogen and oxygen atoms in total. The molecule has 20 heavy (non-hydrogen) atoms. The number of halogens is 1. The zero-order chi connectivity index (χ0) is 14.9. The highest BCUT2D eigenvalue weighted by atomic mass is 32.2. The van der Waals surface area contributed by atoms with Gasteiger partial charge >= 0.3 is 0 Å². The molecule has 0 spiro atoms. The standard InChI is InChI=1S/C13H16FN3O2S/c1-9-3-4-10(14)5-13(9)16-20(18,19)12-6-11(7-15)17(2)8-12/h3-6,8,16H,7,15H2,1-2H3. The highest BCUT2D eigenvalue weighted by molar-refractivity contribution is 7.92. The van der Waals surface area contributed by atoms with Crippen molar-refractivity contribution in [2.75, 3.05) is 4.72 Å². The number of nitrogens with two attached hydrogens (primary N) is 1. The summed E-state index contributed by atoms with van der Waals surface area (Å²) in [4.78, 5) is 0.101. The lowest BCUT2D eigenvalue weighted by molar-refractivity contribution is 0.601. The fourth-order valence-electron chi connectivity index (χ4n) is 1.83. The van der Waals surface area contributed by atoms with Gasteiger partial charge in [-0.2, -0.15) is 0 Å². The highest BCUT2D eigenvalue weighted by Gasteiger charge is 2.18. The van der Waals surface area contributed by atoms with Gasteiger partial charge in [0.2, 0.25) is 0 Å². The van der Waals surface area contributed by atoms with E-state index in [0.717, 1.165) is 6.07 Å². The summed E-state index contributed by atoms with van der Waals surface area (Å²) < 4.78 is 41.7. The molecule has 1 aromatic carbocycles. The molecule has 0 unspecified atom stereocenters. The third kappa shape index (κ3) is 2.83. The molecule has 0 saturated heterocycles. The van der Waals surface area contributed by atoms with Crippen LogP contribution in [0.4, 0.5) is 10.1 Å². The number of nitrogens with zero attached hydrogens (tertiary/aromatic N) is 1. The van der Waals surface area contributed by atoms with Gasteiger partial charge in [0.25, 0.3) is 10.0 Å². The largest absolute Gasteiger partial charge is 0.352 e. The second kappa shape index (κ2) is 5.26. The molecule has 0 amide bonds. The Morgan fingerprint density at radius 1 is 1.35 bits per heavy atom. The zero-order valence-corrected chi connectivity index (χ0v) is 12.0. The first-order valence-corrected chi connectivity index (χ1v) is 7.46. The number of aromatic nitrogens is 1. The van der Waals surface area contributed by atoms with Crippen molar-refractivity contribution >= 4 is 15.7 Å². The maximum absolute atomic E-state index is 13.2. The fraction of sp³-hybridized carbons (Fsp3) is 0.231. The molecule has 1 heterocycles. The number of nitrogens with one attached hydrogen (secondary N) is 1. The van der Waals surface area contributed by atoms with Crippen molar-refractivity contribution in [3.63, 3.8) is 0 Å². The predicted molar refractivity (Wildman–Crippen MR) is 75.2 cm³/mol. The molecule has 7 heteroatoms. The molecular weight excluding hydrogens is 281 g/mol. The molecule has 0 bridgehead atoms. The molecule has 0 aliphatic carbocycles. The number of rotatable bonds is 4.